The van der Waals surface area contributed by atoms with Crippen LogP contribution in [0.4, 0.5) is 5.69 Å². The molecule has 0 spiro atoms. The lowest BCUT2D eigenvalue weighted by molar-refractivity contribution is -0.146. The molecule has 2 rings (SSSR count). The number of furan rings is 1. The summed E-state index contributed by atoms with van der Waals surface area (Å²) in [5.41, 5.74) is 2.79. The number of amides is 2. The molecule has 1 heterocycles. The second-order valence-electron chi connectivity index (χ2n) is 5.17. The molecule has 126 valence electrons. The van der Waals surface area contributed by atoms with Crippen molar-refractivity contribution in [3.05, 3.63) is 53.5 Å². The van der Waals surface area contributed by atoms with Crippen LogP contribution in [-0.2, 0) is 14.3 Å². The summed E-state index contributed by atoms with van der Waals surface area (Å²) in [7, 11) is 0. The summed E-state index contributed by atoms with van der Waals surface area (Å²) in [5.74, 6) is -1.61. The molecule has 0 aliphatic carbocycles. The summed E-state index contributed by atoms with van der Waals surface area (Å²) in [4.78, 5) is 34.8. The van der Waals surface area contributed by atoms with Crippen LogP contribution in [0.25, 0.3) is 0 Å². The summed E-state index contributed by atoms with van der Waals surface area (Å²) in [6.45, 7) is 3.13. The molecule has 2 N–H and O–H groups in total. The number of anilines is 1. The maximum absolute atomic E-state index is 11.7. The number of aryl methyl sites for hydroxylation is 2. The predicted molar refractivity (Wildman–Crippen MR) is 86.5 cm³/mol. The molecule has 0 radical (unpaired) electrons. The first-order valence-electron chi connectivity index (χ1n) is 7.30. The third-order valence-electron chi connectivity index (χ3n) is 3.29. The largest absolute Gasteiger partial charge is 0.459 e. The van der Waals surface area contributed by atoms with E-state index in [-0.39, 0.29) is 12.3 Å². The van der Waals surface area contributed by atoms with E-state index in [9.17, 15) is 14.4 Å². The van der Waals surface area contributed by atoms with Gasteiger partial charge in [-0.15, -0.1) is 0 Å². The predicted octanol–water partition coefficient (Wildman–Crippen LogP) is 1.81. The molecule has 0 fully saturated rings. The highest BCUT2D eigenvalue weighted by Gasteiger charge is 2.12. The minimum absolute atomic E-state index is 0.0929. The Morgan fingerprint density at radius 1 is 1.12 bits per heavy atom. The molecule has 0 aliphatic heterocycles. The van der Waals surface area contributed by atoms with Gasteiger partial charge in [0.05, 0.1) is 6.26 Å². The van der Waals surface area contributed by atoms with Gasteiger partial charge in [0.15, 0.2) is 12.4 Å². The Labute approximate surface area is 139 Å². The van der Waals surface area contributed by atoms with Gasteiger partial charge in [-0.05, 0) is 49.2 Å². The van der Waals surface area contributed by atoms with Crippen LogP contribution in [0, 0.1) is 13.8 Å². The monoisotopic (exact) mass is 330 g/mol. The van der Waals surface area contributed by atoms with Crippen LogP contribution in [0.3, 0.4) is 0 Å². The van der Waals surface area contributed by atoms with Gasteiger partial charge in [0.1, 0.15) is 6.54 Å². The van der Waals surface area contributed by atoms with Crippen molar-refractivity contribution in [2.24, 2.45) is 0 Å². The lowest BCUT2D eigenvalue weighted by Gasteiger charge is -2.08. The molecule has 2 amide bonds. The smallest absolute Gasteiger partial charge is 0.325 e. The molecule has 0 unspecified atom stereocenters. The number of ether oxygens (including phenoxy) is 1. The summed E-state index contributed by atoms with van der Waals surface area (Å²) in [6, 6.07) is 8.52. The number of carbonyl (C=O) groups is 3. The van der Waals surface area contributed by atoms with Gasteiger partial charge in [0, 0.05) is 5.69 Å². The molecule has 7 nitrogen and oxygen atoms in total. The lowest BCUT2D eigenvalue weighted by Crippen LogP contribution is -2.32. The van der Waals surface area contributed by atoms with Gasteiger partial charge in [-0.2, -0.15) is 0 Å². The number of carbonyl (C=O) groups excluding carboxylic acids is 3. The molecule has 0 bridgehead atoms. The molecule has 0 aliphatic rings. The molecule has 2 aromatic rings. The first-order chi connectivity index (χ1) is 11.5. The number of benzene rings is 1. The lowest BCUT2D eigenvalue weighted by atomic mass is 10.1. The zero-order valence-corrected chi connectivity index (χ0v) is 13.4. The van der Waals surface area contributed by atoms with Crippen LogP contribution in [0.1, 0.15) is 21.7 Å². The Morgan fingerprint density at radius 3 is 2.58 bits per heavy atom. The Hall–Kier alpha value is -3.09. The minimum Gasteiger partial charge on any atom is -0.459 e. The van der Waals surface area contributed by atoms with Gasteiger partial charge < -0.3 is 19.8 Å². The molecular formula is C17H18N2O5. The average Bonchev–Trinajstić information content (AvgIpc) is 3.08. The van der Waals surface area contributed by atoms with E-state index in [1.54, 1.807) is 12.1 Å². The molecule has 1 aromatic carbocycles. The third-order valence-corrected chi connectivity index (χ3v) is 3.29. The summed E-state index contributed by atoms with van der Waals surface area (Å²) in [6.07, 6.45) is 1.35. The van der Waals surface area contributed by atoms with E-state index in [1.165, 1.54) is 12.3 Å². The second kappa shape index (κ2) is 7.96. The first kappa shape index (κ1) is 17.3. The molecule has 7 heteroatoms. The molecule has 0 atom stereocenters. The zero-order valence-electron chi connectivity index (χ0n) is 13.4. The zero-order chi connectivity index (χ0) is 17.5. The highest BCUT2D eigenvalue weighted by Crippen LogP contribution is 2.13. The standard InChI is InChI=1S/C17H18N2O5/c1-11-5-6-13(8-12(11)2)19-15(20)10-24-16(21)9-18-17(22)14-4-3-7-23-14/h3-8H,9-10H2,1-2H3,(H,18,22)(H,19,20). The van der Waals surface area contributed by atoms with E-state index in [1.807, 2.05) is 26.0 Å². The van der Waals surface area contributed by atoms with Gasteiger partial charge in [-0.1, -0.05) is 6.07 Å². The fraction of sp³-hybridized carbons (Fsp3) is 0.235. The van der Waals surface area contributed by atoms with Crippen molar-refractivity contribution in [3.63, 3.8) is 0 Å². The van der Waals surface area contributed by atoms with Crippen LogP contribution in [0.5, 0.6) is 0 Å². The van der Waals surface area contributed by atoms with E-state index in [0.29, 0.717) is 5.69 Å². The maximum atomic E-state index is 11.7. The topological polar surface area (TPSA) is 97.6 Å². The van der Waals surface area contributed by atoms with Gasteiger partial charge in [-0.3, -0.25) is 14.4 Å². The van der Waals surface area contributed by atoms with E-state index in [4.69, 9.17) is 9.15 Å². The minimum atomic E-state index is -0.717. The second-order valence-corrected chi connectivity index (χ2v) is 5.17. The summed E-state index contributed by atoms with van der Waals surface area (Å²) in [5, 5.41) is 4.97. The quantitative estimate of drug-likeness (QED) is 0.787. The Morgan fingerprint density at radius 2 is 1.92 bits per heavy atom. The third kappa shape index (κ3) is 4.98. The Kier molecular flexibility index (Phi) is 5.73. The fourth-order valence-corrected chi connectivity index (χ4v) is 1.86. The SMILES string of the molecule is Cc1ccc(NC(=O)COC(=O)CNC(=O)c2ccco2)cc1C. The van der Waals surface area contributed by atoms with Crippen LogP contribution in [-0.4, -0.2) is 30.9 Å². The molecule has 1 aromatic heterocycles. The van der Waals surface area contributed by atoms with Crippen molar-refractivity contribution in [1.82, 2.24) is 5.32 Å². The molecular weight excluding hydrogens is 312 g/mol. The van der Waals surface area contributed by atoms with E-state index >= 15 is 0 Å². The Balaban J connectivity index is 1.72. The van der Waals surface area contributed by atoms with Crippen molar-refractivity contribution in [1.29, 1.82) is 0 Å². The van der Waals surface area contributed by atoms with E-state index in [2.05, 4.69) is 10.6 Å². The molecule has 0 saturated carbocycles. The van der Waals surface area contributed by atoms with Crippen molar-refractivity contribution in [2.45, 2.75) is 13.8 Å². The van der Waals surface area contributed by atoms with Crippen molar-refractivity contribution in [3.8, 4) is 0 Å². The van der Waals surface area contributed by atoms with Gasteiger partial charge in [0.2, 0.25) is 0 Å². The van der Waals surface area contributed by atoms with Crippen molar-refractivity contribution >= 4 is 23.5 Å². The van der Waals surface area contributed by atoms with Gasteiger partial charge in [0.25, 0.3) is 11.8 Å². The maximum Gasteiger partial charge on any atom is 0.325 e. The molecule has 0 saturated heterocycles. The average molecular weight is 330 g/mol. The van der Waals surface area contributed by atoms with Crippen LogP contribution < -0.4 is 10.6 Å². The van der Waals surface area contributed by atoms with Crippen molar-refractivity contribution < 1.29 is 23.5 Å². The molecule has 24 heavy (non-hydrogen) atoms. The number of esters is 1. The van der Waals surface area contributed by atoms with E-state index in [0.717, 1.165) is 11.1 Å². The van der Waals surface area contributed by atoms with Crippen LogP contribution in [0.15, 0.2) is 41.0 Å². The summed E-state index contributed by atoms with van der Waals surface area (Å²) >= 11 is 0. The van der Waals surface area contributed by atoms with Gasteiger partial charge in [-0.25, -0.2) is 0 Å². The normalized spacial score (nSPS) is 10.1. The highest BCUT2D eigenvalue weighted by atomic mass is 16.5. The summed E-state index contributed by atoms with van der Waals surface area (Å²) < 4.78 is 9.68. The number of hydrogen-bond acceptors (Lipinski definition) is 5. The number of hydrogen-bond donors (Lipinski definition) is 2. The number of nitrogens with one attached hydrogen (secondary N) is 2. The Bertz CT molecular complexity index is 737. The van der Waals surface area contributed by atoms with E-state index < -0.39 is 24.4 Å². The fourth-order valence-electron chi connectivity index (χ4n) is 1.86. The van der Waals surface area contributed by atoms with Gasteiger partial charge >= 0.3 is 5.97 Å². The van der Waals surface area contributed by atoms with Crippen LogP contribution in [0.2, 0.25) is 0 Å². The number of rotatable bonds is 6. The first-order valence-corrected chi connectivity index (χ1v) is 7.30. The van der Waals surface area contributed by atoms with Crippen molar-refractivity contribution in [2.75, 3.05) is 18.5 Å². The highest BCUT2D eigenvalue weighted by molar-refractivity contribution is 5.95. The van der Waals surface area contributed by atoms with Crippen LogP contribution >= 0.6 is 0 Å².